The number of piperidine rings is 1. The fourth-order valence-electron chi connectivity index (χ4n) is 2.39. The van der Waals surface area contributed by atoms with Crippen molar-refractivity contribution in [1.82, 2.24) is 20.2 Å². The van der Waals surface area contributed by atoms with Gasteiger partial charge in [-0.3, -0.25) is 9.97 Å². The van der Waals surface area contributed by atoms with Gasteiger partial charge in [-0.05, 0) is 39.4 Å². The van der Waals surface area contributed by atoms with Gasteiger partial charge in [0.25, 0.3) is 0 Å². The average Bonchev–Trinajstić information content (AvgIpc) is 2.40. The van der Waals surface area contributed by atoms with Crippen molar-refractivity contribution in [2.75, 3.05) is 19.6 Å². The molecule has 2 rings (SSSR count). The first-order valence-electron chi connectivity index (χ1n) is 6.54. The summed E-state index contributed by atoms with van der Waals surface area (Å²) >= 11 is 0. The standard InChI is InChI=1S/C13H22N4/c1-3-17-8-4-12(5-9-17)16-11(2)13-10-14-6-7-15-13/h6-7,10-12,16H,3-5,8-9H2,1-2H3. The summed E-state index contributed by atoms with van der Waals surface area (Å²) in [5.74, 6) is 0. The van der Waals surface area contributed by atoms with Gasteiger partial charge >= 0.3 is 0 Å². The first kappa shape index (κ1) is 12.5. The molecule has 1 unspecified atom stereocenters. The molecule has 0 amide bonds. The van der Waals surface area contributed by atoms with Crippen LogP contribution >= 0.6 is 0 Å². The van der Waals surface area contributed by atoms with Gasteiger partial charge in [-0.25, -0.2) is 0 Å². The smallest absolute Gasteiger partial charge is 0.0753 e. The lowest BCUT2D eigenvalue weighted by Gasteiger charge is -2.33. The monoisotopic (exact) mass is 234 g/mol. The topological polar surface area (TPSA) is 41.0 Å². The van der Waals surface area contributed by atoms with Crippen LogP contribution in [0.25, 0.3) is 0 Å². The normalized spacial score (nSPS) is 20.4. The summed E-state index contributed by atoms with van der Waals surface area (Å²) in [6.45, 7) is 7.99. The minimum absolute atomic E-state index is 0.293. The maximum Gasteiger partial charge on any atom is 0.0753 e. The summed E-state index contributed by atoms with van der Waals surface area (Å²) in [4.78, 5) is 11.0. The molecule has 0 aliphatic carbocycles. The zero-order valence-corrected chi connectivity index (χ0v) is 10.8. The van der Waals surface area contributed by atoms with Crippen LogP contribution in [0.5, 0.6) is 0 Å². The molecule has 1 fully saturated rings. The Morgan fingerprint density at radius 3 is 2.76 bits per heavy atom. The van der Waals surface area contributed by atoms with Crippen LogP contribution < -0.4 is 5.32 Å². The maximum absolute atomic E-state index is 4.34. The lowest BCUT2D eigenvalue weighted by molar-refractivity contribution is 0.200. The van der Waals surface area contributed by atoms with Crippen LogP contribution in [0.4, 0.5) is 0 Å². The molecule has 0 bridgehead atoms. The van der Waals surface area contributed by atoms with Gasteiger partial charge in [0, 0.05) is 30.7 Å². The SMILES string of the molecule is CCN1CCC(NC(C)c2cnccn2)CC1. The molecule has 1 aliphatic heterocycles. The van der Waals surface area contributed by atoms with E-state index >= 15 is 0 Å². The average molecular weight is 234 g/mol. The summed E-state index contributed by atoms with van der Waals surface area (Å²) in [5, 5.41) is 3.65. The third kappa shape index (κ3) is 3.48. The highest BCUT2D eigenvalue weighted by Gasteiger charge is 2.20. The second-order valence-corrected chi connectivity index (χ2v) is 4.73. The van der Waals surface area contributed by atoms with Crippen molar-refractivity contribution in [2.45, 2.75) is 38.8 Å². The number of likely N-dealkylation sites (tertiary alicyclic amines) is 1. The van der Waals surface area contributed by atoms with Gasteiger partial charge in [0.05, 0.1) is 5.69 Å². The summed E-state index contributed by atoms with van der Waals surface area (Å²) in [5.41, 5.74) is 1.03. The van der Waals surface area contributed by atoms with Gasteiger partial charge < -0.3 is 10.2 Å². The first-order valence-corrected chi connectivity index (χ1v) is 6.54. The Morgan fingerprint density at radius 1 is 1.41 bits per heavy atom. The van der Waals surface area contributed by atoms with Crippen LogP contribution in [-0.2, 0) is 0 Å². The molecule has 4 heteroatoms. The lowest BCUT2D eigenvalue weighted by Crippen LogP contribution is -2.43. The van der Waals surface area contributed by atoms with Crippen LogP contribution in [-0.4, -0.2) is 40.5 Å². The van der Waals surface area contributed by atoms with Crippen molar-refractivity contribution in [2.24, 2.45) is 0 Å². The maximum atomic E-state index is 4.34. The van der Waals surface area contributed by atoms with Gasteiger partial charge in [0.1, 0.15) is 0 Å². The van der Waals surface area contributed by atoms with Crippen LogP contribution in [0.1, 0.15) is 38.4 Å². The number of nitrogens with one attached hydrogen (secondary N) is 1. The van der Waals surface area contributed by atoms with Crippen LogP contribution in [0.2, 0.25) is 0 Å². The van der Waals surface area contributed by atoms with Gasteiger partial charge in [-0.15, -0.1) is 0 Å². The molecule has 1 aromatic rings. The lowest BCUT2D eigenvalue weighted by atomic mass is 10.0. The summed E-state index contributed by atoms with van der Waals surface area (Å²) in [6.07, 6.45) is 7.79. The Morgan fingerprint density at radius 2 is 2.18 bits per heavy atom. The molecule has 1 N–H and O–H groups in total. The van der Waals surface area contributed by atoms with Gasteiger partial charge in [-0.1, -0.05) is 6.92 Å². The van der Waals surface area contributed by atoms with Crippen LogP contribution in [0.15, 0.2) is 18.6 Å². The first-order chi connectivity index (χ1) is 8.29. The fraction of sp³-hybridized carbons (Fsp3) is 0.692. The van der Waals surface area contributed by atoms with Crippen molar-refractivity contribution >= 4 is 0 Å². The number of rotatable bonds is 4. The van der Waals surface area contributed by atoms with Crippen molar-refractivity contribution in [3.05, 3.63) is 24.3 Å². The van der Waals surface area contributed by atoms with Crippen molar-refractivity contribution in [3.63, 3.8) is 0 Å². The molecule has 1 saturated heterocycles. The molecule has 1 aliphatic rings. The van der Waals surface area contributed by atoms with Crippen molar-refractivity contribution in [1.29, 1.82) is 0 Å². The van der Waals surface area contributed by atoms with Gasteiger partial charge in [0.2, 0.25) is 0 Å². The van der Waals surface area contributed by atoms with E-state index in [1.807, 2.05) is 6.20 Å². The number of hydrogen-bond acceptors (Lipinski definition) is 4. The number of aromatic nitrogens is 2. The Balaban J connectivity index is 1.82. The third-order valence-corrected chi connectivity index (χ3v) is 3.55. The molecule has 0 saturated carbocycles. The second kappa shape index (κ2) is 6.07. The van der Waals surface area contributed by atoms with Crippen LogP contribution in [0, 0.1) is 0 Å². The fourth-order valence-corrected chi connectivity index (χ4v) is 2.39. The molecule has 17 heavy (non-hydrogen) atoms. The quantitative estimate of drug-likeness (QED) is 0.859. The Labute approximate surface area is 103 Å². The molecule has 4 nitrogen and oxygen atoms in total. The Hall–Kier alpha value is -1.00. The highest BCUT2D eigenvalue weighted by molar-refractivity contribution is 5.01. The van der Waals surface area contributed by atoms with E-state index in [0.717, 1.165) is 5.69 Å². The Bertz CT molecular complexity index is 319. The summed E-state index contributed by atoms with van der Waals surface area (Å²) < 4.78 is 0. The summed E-state index contributed by atoms with van der Waals surface area (Å²) in [7, 11) is 0. The molecule has 1 atom stereocenters. The number of nitrogens with zero attached hydrogens (tertiary/aromatic N) is 3. The highest BCUT2D eigenvalue weighted by atomic mass is 15.1. The van der Waals surface area contributed by atoms with E-state index in [0.29, 0.717) is 12.1 Å². The molecule has 0 radical (unpaired) electrons. The zero-order valence-electron chi connectivity index (χ0n) is 10.8. The Kier molecular flexibility index (Phi) is 4.45. The van der Waals surface area contributed by atoms with E-state index in [4.69, 9.17) is 0 Å². The molecule has 2 heterocycles. The van der Waals surface area contributed by atoms with Gasteiger partial charge in [-0.2, -0.15) is 0 Å². The molecule has 1 aromatic heterocycles. The molecular formula is C13H22N4. The van der Waals surface area contributed by atoms with E-state index in [2.05, 4.69) is 34.0 Å². The molecule has 94 valence electrons. The minimum Gasteiger partial charge on any atom is -0.306 e. The molecule has 0 spiro atoms. The van der Waals surface area contributed by atoms with E-state index in [1.165, 1.54) is 32.5 Å². The molecule has 0 aromatic carbocycles. The van der Waals surface area contributed by atoms with E-state index in [-0.39, 0.29) is 0 Å². The predicted molar refractivity (Wildman–Crippen MR) is 68.7 cm³/mol. The van der Waals surface area contributed by atoms with Crippen molar-refractivity contribution in [3.8, 4) is 0 Å². The van der Waals surface area contributed by atoms with Crippen LogP contribution in [0.3, 0.4) is 0 Å². The van der Waals surface area contributed by atoms with Crippen molar-refractivity contribution < 1.29 is 0 Å². The zero-order chi connectivity index (χ0) is 12.1. The predicted octanol–water partition coefficient (Wildman–Crippen LogP) is 1.61. The van der Waals surface area contributed by atoms with E-state index < -0.39 is 0 Å². The number of hydrogen-bond donors (Lipinski definition) is 1. The third-order valence-electron chi connectivity index (χ3n) is 3.55. The van der Waals surface area contributed by atoms with E-state index in [9.17, 15) is 0 Å². The summed E-state index contributed by atoms with van der Waals surface area (Å²) in [6, 6.07) is 0.914. The van der Waals surface area contributed by atoms with E-state index in [1.54, 1.807) is 12.4 Å². The van der Waals surface area contributed by atoms with Gasteiger partial charge in [0.15, 0.2) is 0 Å². The minimum atomic E-state index is 0.293. The largest absolute Gasteiger partial charge is 0.306 e. The highest BCUT2D eigenvalue weighted by Crippen LogP contribution is 2.15. The second-order valence-electron chi connectivity index (χ2n) is 4.73. The molecular weight excluding hydrogens is 212 g/mol.